The second-order valence-corrected chi connectivity index (χ2v) is 6.52. The van der Waals surface area contributed by atoms with E-state index < -0.39 is 52.7 Å². The number of carbonyl (C=O) groups is 2. The first-order valence-corrected chi connectivity index (χ1v) is 8.22. The summed E-state index contributed by atoms with van der Waals surface area (Å²) in [6.45, 7) is 2.51. The Morgan fingerprint density at radius 3 is 2.04 bits per heavy atom. The summed E-state index contributed by atoms with van der Waals surface area (Å²) >= 11 is 0. The maximum absolute atomic E-state index is 13.1. The SMILES string of the molecule is CC(C)OC(=O)CCC(=O)OCCCC(F)(F)C(F)(F)S(=O)(=O)O. The van der Waals surface area contributed by atoms with Gasteiger partial charge in [0.2, 0.25) is 0 Å². The lowest BCUT2D eigenvalue weighted by Crippen LogP contribution is -2.46. The number of halogens is 4. The van der Waals surface area contributed by atoms with Crippen molar-refractivity contribution in [2.45, 2.75) is 56.8 Å². The van der Waals surface area contributed by atoms with Gasteiger partial charge in [0, 0.05) is 6.42 Å². The molecule has 0 aromatic heterocycles. The Bertz CT molecular complexity index is 546. The van der Waals surface area contributed by atoms with Gasteiger partial charge in [-0.2, -0.15) is 26.0 Å². The first-order valence-electron chi connectivity index (χ1n) is 6.78. The predicted molar refractivity (Wildman–Crippen MR) is 72.1 cm³/mol. The number of ether oxygens (including phenoxy) is 2. The molecular formula is C12H18F4O7S. The molecule has 0 bridgehead atoms. The highest BCUT2D eigenvalue weighted by Crippen LogP contribution is 2.41. The fourth-order valence-electron chi connectivity index (χ4n) is 1.41. The van der Waals surface area contributed by atoms with Gasteiger partial charge in [0.15, 0.2) is 0 Å². The van der Waals surface area contributed by atoms with Crippen LogP contribution in [0, 0.1) is 0 Å². The lowest BCUT2D eigenvalue weighted by Gasteiger charge is -2.23. The van der Waals surface area contributed by atoms with Gasteiger partial charge in [-0.15, -0.1) is 0 Å². The van der Waals surface area contributed by atoms with Crippen molar-refractivity contribution < 1.29 is 49.6 Å². The smallest absolute Gasteiger partial charge is 0.431 e. The Balaban J connectivity index is 4.21. The van der Waals surface area contributed by atoms with E-state index in [1.165, 1.54) is 0 Å². The average molecular weight is 382 g/mol. The zero-order chi connectivity index (χ0) is 19.2. The highest BCUT2D eigenvalue weighted by atomic mass is 32.2. The molecule has 24 heavy (non-hydrogen) atoms. The van der Waals surface area contributed by atoms with Gasteiger partial charge in [0.25, 0.3) is 0 Å². The van der Waals surface area contributed by atoms with E-state index in [9.17, 15) is 35.6 Å². The summed E-state index contributed by atoms with van der Waals surface area (Å²) in [6, 6.07) is 0. The number of esters is 2. The van der Waals surface area contributed by atoms with Gasteiger partial charge in [0.1, 0.15) is 0 Å². The summed E-state index contributed by atoms with van der Waals surface area (Å²) in [6.07, 6.45) is -3.47. The Hall–Kier alpha value is -1.43. The third kappa shape index (κ3) is 6.99. The van der Waals surface area contributed by atoms with Gasteiger partial charge in [0.05, 0.1) is 25.6 Å². The van der Waals surface area contributed by atoms with Crippen LogP contribution in [0.5, 0.6) is 0 Å². The van der Waals surface area contributed by atoms with Crippen molar-refractivity contribution in [1.29, 1.82) is 0 Å². The fraction of sp³-hybridized carbons (Fsp3) is 0.833. The minimum absolute atomic E-state index is 0.298. The lowest BCUT2D eigenvalue weighted by atomic mass is 10.2. The summed E-state index contributed by atoms with van der Waals surface area (Å²) in [5, 5.41) is -5.65. The van der Waals surface area contributed by atoms with Crippen LogP contribution in [0.1, 0.15) is 39.5 Å². The third-order valence-electron chi connectivity index (χ3n) is 2.55. The Morgan fingerprint density at radius 2 is 1.58 bits per heavy atom. The van der Waals surface area contributed by atoms with E-state index in [1.807, 2.05) is 0 Å². The maximum atomic E-state index is 13.1. The molecule has 0 aliphatic carbocycles. The number of rotatable bonds is 10. The molecule has 0 rings (SSSR count). The van der Waals surface area contributed by atoms with Crippen LogP contribution < -0.4 is 0 Å². The lowest BCUT2D eigenvalue weighted by molar-refractivity contribution is -0.167. The van der Waals surface area contributed by atoms with E-state index in [-0.39, 0.29) is 18.9 Å². The van der Waals surface area contributed by atoms with Gasteiger partial charge in [-0.1, -0.05) is 0 Å². The van der Waals surface area contributed by atoms with Crippen LogP contribution in [0.2, 0.25) is 0 Å². The van der Waals surface area contributed by atoms with Crippen LogP contribution in [-0.4, -0.2) is 48.8 Å². The monoisotopic (exact) mass is 382 g/mol. The first kappa shape index (κ1) is 22.6. The molecule has 0 aliphatic heterocycles. The molecule has 0 spiro atoms. The Kier molecular flexibility index (Phi) is 8.09. The zero-order valence-corrected chi connectivity index (χ0v) is 13.7. The second kappa shape index (κ2) is 8.60. The van der Waals surface area contributed by atoms with Crippen molar-refractivity contribution in [3.05, 3.63) is 0 Å². The number of carbonyl (C=O) groups excluding carboxylic acids is 2. The summed E-state index contributed by atoms with van der Waals surface area (Å²) in [5.74, 6) is -6.63. The van der Waals surface area contributed by atoms with Crippen LogP contribution in [0.25, 0.3) is 0 Å². The molecule has 0 unspecified atom stereocenters. The van der Waals surface area contributed by atoms with Crippen molar-refractivity contribution >= 4 is 22.1 Å². The molecule has 7 nitrogen and oxygen atoms in total. The first-order chi connectivity index (χ1) is 10.7. The van der Waals surface area contributed by atoms with Crippen molar-refractivity contribution in [3.63, 3.8) is 0 Å². The summed E-state index contributed by atoms with van der Waals surface area (Å²) in [4.78, 5) is 22.3. The molecule has 0 saturated carbocycles. The van der Waals surface area contributed by atoms with Gasteiger partial charge in [-0.05, 0) is 20.3 Å². The molecule has 1 N–H and O–H groups in total. The normalized spacial score (nSPS) is 13.0. The molecular weight excluding hydrogens is 364 g/mol. The molecule has 0 amide bonds. The molecule has 0 saturated heterocycles. The van der Waals surface area contributed by atoms with Crippen LogP contribution in [0.3, 0.4) is 0 Å². The van der Waals surface area contributed by atoms with Gasteiger partial charge < -0.3 is 9.47 Å². The van der Waals surface area contributed by atoms with Crippen molar-refractivity contribution in [2.75, 3.05) is 6.61 Å². The zero-order valence-electron chi connectivity index (χ0n) is 12.9. The minimum atomic E-state index is -6.28. The van der Waals surface area contributed by atoms with Crippen molar-refractivity contribution in [3.8, 4) is 0 Å². The topological polar surface area (TPSA) is 107 Å². The quantitative estimate of drug-likeness (QED) is 0.267. The molecule has 142 valence electrons. The standard InChI is InChI=1S/C12H18F4O7S/c1-8(2)23-10(18)5-4-9(17)22-7-3-6-11(13,14)12(15,16)24(19,20)21/h8H,3-7H2,1-2H3,(H,19,20,21). The van der Waals surface area contributed by atoms with Gasteiger partial charge >= 0.3 is 33.2 Å². The fourth-order valence-corrected chi connectivity index (χ4v) is 1.89. The van der Waals surface area contributed by atoms with Crippen LogP contribution in [-0.2, 0) is 29.2 Å². The number of hydrogen-bond donors (Lipinski definition) is 1. The third-order valence-corrected chi connectivity index (χ3v) is 3.49. The average Bonchev–Trinajstić information content (AvgIpc) is 2.39. The molecule has 0 heterocycles. The van der Waals surface area contributed by atoms with Crippen molar-refractivity contribution in [1.82, 2.24) is 0 Å². The van der Waals surface area contributed by atoms with E-state index >= 15 is 0 Å². The second-order valence-electron chi connectivity index (χ2n) is 5.06. The minimum Gasteiger partial charge on any atom is -0.466 e. The van der Waals surface area contributed by atoms with Gasteiger partial charge in [-0.3, -0.25) is 14.1 Å². The Labute approximate surface area is 136 Å². The summed E-state index contributed by atoms with van der Waals surface area (Å²) < 4.78 is 89.8. The van der Waals surface area contributed by atoms with E-state index in [0.29, 0.717) is 0 Å². The maximum Gasteiger partial charge on any atom is 0.431 e. The van der Waals surface area contributed by atoms with Crippen LogP contribution >= 0.6 is 0 Å². The molecule has 0 aromatic carbocycles. The molecule has 0 fully saturated rings. The van der Waals surface area contributed by atoms with Crippen molar-refractivity contribution in [2.24, 2.45) is 0 Å². The molecule has 0 aliphatic rings. The summed E-state index contributed by atoms with van der Waals surface area (Å²) in [5.41, 5.74) is 0. The predicted octanol–water partition coefficient (Wildman–Crippen LogP) is 2.16. The largest absolute Gasteiger partial charge is 0.466 e. The van der Waals surface area contributed by atoms with Crippen LogP contribution in [0.4, 0.5) is 17.6 Å². The van der Waals surface area contributed by atoms with E-state index in [4.69, 9.17) is 9.29 Å². The van der Waals surface area contributed by atoms with E-state index in [1.54, 1.807) is 13.8 Å². The van der Waals surface area contributed by atoms with E-state index in [2.05, 4.69) is 4.74 Å². The highest BCUT2D eigenvalue weighted by Gasteiger charge is 2.64. The molecule has 12 heteroatoms. The molecule has 0 atom stereocenters. The summed E-state index contributed by atoms with van der Waals surface area (Å²) in [7, 11) is -6.28. The van der Waals surface area contributed by atoms with E-state index in [0.717, 1.165) is 0 Å². The molecule has 0 aromatic rings. The molecule has 0 radical (unpaired) electrons. The highest BCUT2D eigenvalue weighted by molar-refractivity contribution is 7.87. The number of alkyl halides is 4. The number of hydrogen-bond acceptors (Lipinski definition) is 6. The van der Waals surface area contributed by atoms with Crippen LogP contribution in [0.15, 0.2) is 0 Å². The van der Waals surface area contributed by atoms with Gasteiger partial charge in [-0.25, -0.2) is 0 Å². The Morgan fingerprint density at radius 1 is 1.08 bits per heavy atom.